The maximum atomic E-state index is 12.5. The summed E-state index contributed by atoms with van der Waals surface area (Å²) in [6.07, 6.45) is 0. The van der Waals surface area contributed by atoms with Crippen molar-refractivity contribution in [2.45, 2.75) is 13.0 Å². The number of amides is 2. The maximum Gasteiger partial charge on any atom is 0.272 e. The molecular formula is C17H20N4O4. The van der Waals surface area contributed by atoms with Gasteiger partial charge in [-0.2, -0.15) is 0 Å². The average Bonchev–Trinajstić information content (AvgIpc) is 3.23. The molecule has 3 heterocycles. The minimum atomic E-state index is -0.315. The summed E-state index contributed by atoms with van der Waals surface area (Å²) in [7, 11) is 0. The van der Waals surface area contributed by atoms with Crippen molar-refractivity contribution in [1.82, 2.24) is 20.2 Å². The third kappa shape index (κ3) is 2.38. The Balaban J connectivity index is 1.17. The summed E-state index contributed by atoms with van der Waals surface area (Å²) in [5, 5.41) is 3.16. The lowest BCUT2D eigenvalue weighted by Gasteiger charge is -2.20. The number of piperidine rings is 1. The Morgan fingerprint density at radius 3 is 2.56 bits per heavy atom. The van der Waals surface area contributed by atoms with Crippen LogP contribution in [0, 0.1) is 36.5 Å². The lowest BCUT2D eigenvalue weighted by Crippen LogP contribution is -2.39. The molecule has 8 nitrogen and oxygen atoms in total. The highest BCUT2D eigenvalue weighted by atomic mass is 16.5. The van der Waals surface area contributed by atoms with Gasteiger partial charge in [0, 0.05) is 43.0 Å². The summed E-state index contributed by atoms with van der Waals surface area (Å²) >= 11 is 0. The third-order valence-corrected chi connectivity index (χ3v) is 6.12. The van der Waals surface area contributed by atoms with Crippen LogP contribution < -0.4 is 10.9 Å². The molecule has 2 unspecified atom stereocenters. The largest absolute Gasteiger partial charge is 0.381 e. The van der Waals surface area contributed by atoms with Gasteiger partial charge < -0.3 is 19.9 Å². The zero-order valence-electron chi connectivity index (χ0n) is 13.9. The van der Waals surface area contributed by atoms with E-state index in [9.17, 15) is 14.4 Å². The fraction of sp³-hybridized carbons (Fsp3) is 0.647. The quantitative estimate of drug-likeness (QED) is 0.744. The second-order valence-electron chi connectivity index (χ2n) is 7.68. The van der Waals surface area contributed by atoms with Crippen LogP contribution in [-0.4, -0.2) is 59.0 Å². The molecule has 5 rings (SSSR count). The topological polar surface area (TPSA) is 104 Å². The molecule has 132 valence electrons. The average molecular weight is 344 g/mol. The first-order chi connectivity index (χ1) is 12.0. The summed E-state index contributed by atoms with van der Waals surface area (Å²) in [4.78, 5) is 44.7. The number of likely N-dealkylation sites (tertiary alicyclic amines) is 1. The van der Waals surface area contributed by atoms with Crippen molar-refractivity contribution in [3.05, 3.63) is 27.9 Å². The first kappa shape index (κ1) is 15.1. The molecule has 4 aliphatic rings. The van der Waals surface area contributed by atoms with Gasteiger partial charge in [-0.3, -0.25) is 14.4 Å². The SMILES string of the molecule is Cc1nc(C(=O)N2C[C@@H]3C(NC(=O)C4[C@H]5COC[C@@H]45)[C@@H]3C2)cc(=O)[nH]1. The Bertz CT molecular complexity index is 799. The van der Waals surface area contributed by atoms with E-state index in [4.69, 9.17) is 4.74 Å². The Hall–Kier alpha value is -2.22. The van der Waals surface area contributed by atoms with Gasteiger partial charge in [-0.15, -0.1) is 0 Å². The Morgan fingerprint density at radius 1 is 1.24 bits per heavy atom. The van der Waals surface area contributed by atoms with Crippen LogP contribution in [-0.2, 0) is 9.53 Å². The number of H-pyrrole nitrogens is 1. The second kappa shape index (κ2) is 5.14. The van der Waals surface area contributed by atoms with Gasteiger partial charge in [-0.25, -0.2) is 4.98 Å². The van der Waals surface area contributed by atoms with Crippen molar-refractivity contribution < 1.29 is 14.3 Å². The maximum absolute atomic E-state index is 12.5. The van der Waals surface area contributed by atoms with Gasteiger partial charge in [0.05, 0.1) is 13.2 Å². The highest BCUT2D eigenvalue weighted by molar-refractivity contribution is 5.92. The van der Waals surface area contributed by atoms with Crippen LogP contribution in [0.3, 0.4) is 0 Å². The van der Waals surface area contributed by atoms with Gasteiger partial charge in [0.1, 0.15) is 11.5 Å². The second-order valence-corrected chi connectivity index (χ2v) is 7.68. The van der Waals surface area contributed by atoms with Crippen molar-refractivity contribution in [2.24, 2.45) is 29.6 Å². The van der Waals surface area contributed by atoms with E-state index < -0.39 is 0 Å². The number of hydrogen-bond donors (Lipinski definition) is 2. The summed E-state index contributed by atoms with van der Waals surface area (Å²) in [6.45, 7) is 4.31. The van der Waals surface area contributed by atoms with Crippen LogP contribution in [0.4, 0.5) is 0 Å². The molecule has 2 N–H and O–H groups in total. The summed E-state index contributed by atoms with van der Waals surface area (Å²) in [6, 6.07) is 1.43. The molecule has 0 aromatic carbocycles. The molecule has 1 aromatic heterocycles. The molecule has 2 amide bonds. The van der Waals surface area contributed by atoms with Gasteiger partial charge >= 0.3 is 0 Å². The lowest BCUT2D eigenvalue weighted by atomic mass is 10.2. The van der Waals surface area contributed by atoms with Crippen molar-refractivity contribution in [3.8, 4) is 0 Å². The van der Waals surface area contributed by atoms with Gasteiger partial charge in [0.2, 0.25) is 5.91 Å². The number of aryl methyl sites for hydroxylation is 1. The third-order valence-electron chi connectivity index (χ3n) is 6.12. The van der Waals surface area contributed by atoms with E-state index in [0.29, 0.717) is 55.8 Å². The highest BCUT2D eigenvalue weighted by Crippen LogP contribution is 2.52. The van der Waals surface area contributed by atoms with Gasteiger partial charge in [-0.1, -0.05) is 0 Å². The number of nitrogens with zero attached hydrogens (tertiary/aromatic N) is 2. The summed E-state index contributed by atoms with van der Waals surface area (Å²) in [5.41, 5.74) is -0.127. The monoisotopic (exact) mass is 344 g/mol. The van der Waals surface area contributed by atoms with E-state index in [1.54, 1.807) is 11.8 Å². The summed E-state index contributed by atoms with van der Waals surface area (Å²) < 4.78 is 5.33. The van der Waals surface area contributed by atoms with Gasteiger partial charge in [0.25, 0.3) is 11.5 Å². The van der Waals surface area contributed by atoms with Crippen LogP contribution in [0.2, 0.25) is 0 Å². The van der Waals surface area contributed by atoms with E-state index in [2.05, 4.69) is 15.3 Å². The molecule has 2 aliphatic heterocycles. The number of aromatic amines is 1. The predicted molar refractivity (Wildman–Crippen MR) is 85.7 cm³/mol. The van der Waals surface area contributed by atoms with E-state index in [1.165, 1.54) is 6.07 Å². The van der Waals surface area contributed by atoms with Crippen LogP contribution in [0.25, 0.3) is 0 Å². The van der Waals surface area contributed by atoms with E-state index in [-0.39, 0.29) is 35.0 Å². The van der Waals surface area contributed by atoms with Crippen molar-refractivity contribution in [2.75, 3.05) is 26.3 Å². The first-order valence-corrected chi connectivity index (χ1v) is 8.78. The van der Waals surface area contributed by atoms with Crippen LogP contribution in [0.15, 0.2) is 10.9 Å². The molecule has 0 bridgehead atoms. The minimum absolute atomic E-state index is 0.135. The molecule has 6 atom stereocenters. The van der Waals surface area contributed by atoms with E-state index in [1.807, 2.05) is 0 Å². The Morgan fingerprint density at radius 2 is 1.92 bits per heavy atom. The van der Waals surface area contributed by atoms with Crippen molar-refractivity contribution in [1.29, 1.82) is 0 Å². The van der Waals surface area contributed by atoms with Crippen molar-refractivity contribution in [3.63, 3.8) is 0 Å². The fourth-order valence-corrected chi connectivity index (χ4v) is 4.65. The molecule has 2 saturated carbocycles. The Kier molecular flexibility index (Phi) is 3.10. The van der Waals surface area contributed by atoms with Crippen LogP contribution in [0.5, 0.6) is 0 Å². The smallest absolute Gasteiger partial charge is 0.272 e. The van der Waals surface area contributed by atoms with Gasteiger partial charge in [0.15, 0.2) is 0 Å². The lowest BCUT2D eigenvalue weighted by molar-refractivity contribution is -0.124. The summed E-state index contributed by atoms with van der Waals surface area (Å²) in [5.74, 6) is 2.00. The first-order valence-electron chi connectivity index (χ1n) is 8.78. The number of aromatic nitrogens is 2. The number of fused-ring (bicyclic) bond motifs is 2. The molecule has 8 heteroatoms. The predicted octanol–water partition coefficient (Wildman–Crippen LogP) is -0.843. The fourth-order valence-electron chi connectivity index (χ4n) is 4.65. The zero-order valence-corrected chi connectivity index (χ0v) is 13.9. The number of hydrogen-bond acceptors (Lipinski definition) is 5. The number of carbonyl (C=O) groups is 2. The molecule has 4 fully saturated rings. The normalized spacial score (nSPS) is 37.4. The standard InChI is InChI=1S/C17H20N4O4/c1-7-18-12(2-13(22)19-7)17(24)21-3-8-9(4-21)15(8)20-16(23)14-10-5-25-6-11(10)14/h2,8-11,14-15H,3-6H2,1H3,(H,20,23)(H,18,19,22)/t8-,9+,10-,11+,14?,15?. The molecule has 0 radical (unpaired) electrons. The van der Waals surface area contributed by atoms with Crippen molar-refractivity contribution >= 4 is 11.8 Å². The molecule has 25 heavy (non-hydrogen) atoms. The van der Waals surface area contributed by atoms with Crippen LogP contribution in [0.1, 0.15) is 16.3 Å². The number of rotatable bonds is 3. The minimum Gasteiger partial charge on any atom is -0.381 e. The van der Waals surface area contributed by atoms with E-state index >= 15 is 0 Å². The number of carbonyl (C=O) groups excluding carboxylic acids is 2. The Labute approximate surface area is 143 Å². The molecule has 1 aromatic rings. The highest BCUT2D eigenvalue weighted by Gasteiger charge is 2.62. The van der Waals surface area contributed by atoms with Gasteiger partial charge in [-0.05, 0) is 18.8 Å². The van der Waals surface area contributed by atoms with E-state index in [0.717, 1.165) is 0 Å². The number of ether oxygens (including phenoxy) is 1. The molecule has 0 spiro atoms. The molecular weight excluding hydrogens is 324 g/mol. The number of nitrogens with one attached hydrogen (secondary N) is 2. The molecule has 2 aliphatic carbocycles. The zero-order chi connectivity index (χ0) is 17.3. The van der Waals surface area contributed by atoms with Crippen LogP contribution >= 0.6 is 0 Å². The molecule has 2 saturated heterocycles.